The molecule has 0 aliphatic rings. The van der Waals surface area contributed by atoms with Crippen LogP contribution >= 0.6 is 0 Å². The Bertz CT molecular complexity index is 1280. The average molecular weight is 488 g/mol. The number of anilines is 1. The number of fused-ring (bicyclic) bond motifs is 1. The van der Waals surface area contributed by atoms with Crippen molar-refractivity contribution in [2.45, 2.75) is 26.3 Å². The summed E-state index contributed by atoms with van der Waals surface area (Å²) in [5, 5.41) is 14.8. The summed E-state index contributed by atoms with van der Waals surface area (Å²) < 4.78 is 11.9. The molecular formula is C28H29N3O5. The molecule has 1 atom stereocenters. The quantitative estimate of drug-likeness (QED) is 0.266. The van der Waals surface area contributed by atoms with E-state index in [9.17, 15) is 9.59 Å². The number of carbonyl (C=O) groups excluding carboxylic acids is 1. The van der Waals surface area contributed by atoms with Crippen molar-refractivity contribution in [1.29, 1.82) is 0 Å². The van der Waals surface area contributed by atoms with Crippen molar-refractivity contribution in [3.63, 3.8) is 0 Å². The molecule has 36 heavy (non-hydrogen) atoms. The van der Waals surface area contributed by atoms with Crippen LogP contribution in [0.25, 0.3) is 22.6 Å². The molecule has 186 valence electrons. The number of para-hydroxylation sites is 2. The van der Waals surface area contributed by atoms with Crippen LogP contribution in [-0.4, -0.2) is 41.2 Å². The zero-order valence-electron chi connectivity index (χ0n) is 20.2. The molecule has 4 rings (SSSR count). The van der Waals surface area contributed by atoms with Crippen LogP contribution < -0.4 is 15.4 Å². The average Bonchev–Trinajstić information content (AvgIpc) is 3.31. The van der Waals surface area contributed by atoms with E-state index in [4.69, 9.17) is 14.3 Å². The summed E-state index contributed by atoms with van der Waals surface area (Å²) >= 11 is 0. The number of aromatic nitrogens is 1. The van der Waals surface area contributed by atoms with E-state index in [0.717, 1.165) is 28.1 Å². The lowest BCUT2D eigenvalue weighted by Gasteiger charge is -2.24. The number of oxazole rings is 1. The molecule has 8 nitrogen and oxygen atoms in total. The van der Waals surface area contributed by atoms with Gasteiger partial charge in [0.15, 0.2) is 5.58 Å². The minimum absolute atomic E-state index is 0.0389. The number of aliphatic carboxylic acids is 1. The molecule has 3 N–H and O–H groups in total. The molecule has 0 spiro atoms. The van der Waals surface area contributed by atoms with Gasteiger partial charge >= 0.3 is 5.97 Å². The highest BCUT2D eigenvalue weighted by molar-refractivity contribution is 5.94. The molecule has 0 unspecified atom stereocenters. The van der Waals surface area contributed by atoms with Gasteiger partial charge in [0.2, 0.25) is 5.89 Å². The summed E-state index contributed by atoms with van der Waals surface area (Å²) in [4.78, 5) is 27.3. The summed E-state index contributed by atoms with van der Waals surface area (Å²) in [6.45, 7) is 4.78. The van der Waals surface area contributed by atoms with E-state index in [0.29, 0.717) is 24.0 Å². The Morgan fingerprint density at radius 3 is 2.39 bits per heavy atom. The van der Waals surface area contributed by atoms with Crippen molar-refractivity contribution in [2.24, 2.45) is 5.92 Å². The monoisotopic (exact) mass is 487 g/mol. The number of amides is 1. The molecule has 0 bridgehead atoms. The zero-order chi connectivity index (χ0) is 25.5. The normalized spacial score (nSPS) is 11.9. The number of hydrogen-bond acceptors (Lipinski definition) is 6. The minimum Gasteiger partial charge on any atom is -0.491 e. The third-order valence-electron chi connectivity index (χ3n) is 5.75. The molecule has 0 aliphatic carbocycles. The Kier molecular flexibility index (Phi) is 7.85. The van der Waals surface area contributed by atoms with Crippen LogP contribution in [-0.2, 0) is 4.79 Å². The fourth-order valence-electron chi connectivity index (χ4n) is 3.59. The summed E-state index contributed by atoms with van der Waals surface area (Å²) in [5.41, 5.74) is 3.80. The van der Waals surface area contributed by atoms with E-state index in [1.807, 2.05) is 60.7 Å². The van der Waals surface area contributed by atoms with E-state index in [-0.39, 0.29) is 24.9 Å². The second kappa shape index (κ2) is 11.4. The van der Waals surface area contributed by atoms with Crippen LogP contribution in [0.1, 0.15) is 30.6 Å². The second-order valence-corrected chi connectivity index (χ2v) is 8.79. The minimum atomic E-state index is -0.948. The van der Waals surface area contributed by atoms with Gasteiger partial charge in [0.25, 0.3) is 5.91 Å². The number of rotatable bonds is 11. The molecule has 1 amide bonds. The first-order valence-corrected chi connectivity index (χ1v) is 11.8. The first-order valence-electron chi connectivity index (χ1n) is 11.8. The fraction of sp³-hybridized carbons (Fsp3) is 0.250. The number of carbonyl (C=O) groups is 2. The highest BCUT2D eigenvalue weighted by Gasteiger charge is 2.15. The lowest BCUT2D eigenvalue weighted by atomic mass is 10.0. The summed E-state index contributed by atoms with van der Waals surface area (Å²) in [5.74, 6) is 0.367. The summed E-state index contributed by atoms with van der Waals surface area (Å²) in [7, 11) is 0. The second-order valence-electron chi connectivity index (χ2n) is 8.79. The topological polar surface area (TPSA) is 114 Å². The van der Waals surface area contributed by atoms with Gasteiger partial charge in [-0.05, 0) is 66.6 Å². The van der Waals surface area contributed by atoms with Crippen LogP contribution in [0.4, 0.5) is 5.69 Å². The van der Waals surface area contributed by atoms with Gasteiger partial charge in [-0.1, -0.05) is 26.0 Å². The standard InChI is InChI=1S/C28H29N3O5/c1-18(2)24(30-21-11-7-19(8-12-21)27(34)29-16-15-26(32)33)17-35-22-13-9-20(10-14-22)28-31-23-5-3-4-6-25(23)36-28/h3-14,18,24,30H,15-17H2,1-2H3,(H,29,34)(H,32,33)/t24-/m1/s1. The van der Waals surface area contributed by atoms with Crippen molar-refractivity contribution in [1.82, 2.24) is 10.3 Å². The van der Waals surface area contributed by atoms with Gasteiger partial charge in [0, 0.05) is 23.4 Å². The maximum Gasteiger partial charge on any atom is 0.305 e. The Hall–Kier alpha value is -4.33. The van der Waals surface area contributed by atoms with Gasteiger partial charge in [-0.3, -0.25) is 9.59 Å². The van der Waals surface area contributed by atoms with Gasteiger partial charge < -0.3 is 24.9 Å². The van der Waals surface area contributed by atoms with E-state index < -0.39 is 5.97 Å². The van der Waals surface area contributed by atoms with Crippen molar-refractivity contribution in [3.05, 3.63) is 78.4 Å². The third-order valence-corrected chi connectivity index (χ3v) is 5.75. The maximum atomic E-state index is 12.1. The van der Waals surface area contributed by atoms with Crippen LogP contribution in [0.3, 0.4) is 0 Å². The predicted molar refractivity (Wildman–Crippen MR) is 138 cm³/mol. The SMILES string of the molecule is CC(C)[C@@H](COc1ccc(-c2nc3ccccc3o2)cc1)Nc1ccc(C(=O)NCCC(=O)O)cc1. The zero-order valence-corrected chi connectivity index (χ0v) is 20.2. The molecule has 4 aromatic rings. The lowest BCUT2D eigenvalue weighted by molar-refractivity contribution is -0.136. The smallest absolute Gasteiger partial charge is 0.305 e. The predicted octanol–water partition coefficient (Wildman–Crippen LogP) is 5.21. The van der Waals surface area contributed by atoms with Gasteiger partial charge in [-0.25, -0.2) is 4.98 Å². The van der Waals surface area contributed by atoms with Crippen LogP contribution in [0.2, 0.25) is 0 Å². The number of carboxylic acid groups (broad SMARTS) is 1. The van der Waals surface area contributed by atoms with Crippen LogP contribution in [0, 0.1) is 5.92 Å². The molecular weight excluding hydrogens is 458 g/mol. The van der Waals surface area contributed by atoms with E-state index in [1.165, 1.54) is 0 Å². The molecule has 0 radical (unpaired) electrons. The van der Waals surface area contributed by atoms with Crippen LogP contribution in [0.5, 0.6) is 5.75 Å². The van der Waals surface area contributed by atoms with Crippen molar-refractivity contribution < 1.29 is 23.8 Å². The summed E-state index contributed by atoms with van der Waals surface area (Å²) in [6.07, 6.45) is -0.110. The van der Waals surface area contributed by atoms with Gasteiger partial charge in [0.1, 0.15) is 17.9 Å². The lowest BCUT2D eigenvalue weighted by Crippen LogP contribution is -2.32. The number of nitrogens with zero attached hydrogens (tertiary/aromatic N) is 1. The first kappa shape index (κ1) is 24.8. The Labute approximate surface area is 209 Å². The molecule has 0 aliphatic heterocycles. The third kappa shape index (κ3) is 6.41. The summed E-state index contributed by atoms with van der Waals surface area (Å²) in [6, 6.07) is 22.4. The van der Waals surface area contributed by atoms with Gasteiger partial charge in [-0.15, -0.1) is 0 Å². The molecule has 0 saturated carbocycles. The van der Waals surface area contributed by atoms with Crippen molar-refractivity contribution in [3.8, 4) is 17.2 Å². The van der Waals surface area contributed by atoms with E-state index in [1.54, 1.807) is 12.1 Å². The van der Waals surface area contributed by atoms with E-state index in [2.05, 4.69) is 29.5 Å². The Balaban J connectivity index is 1.32. The van der Waals surface area contributed by atoms with E-state index >= 15 is 0 Å². The molecule has 8 heteroatoms. The first-order chi connectivity index (χ1) is 17.4. The molecule has 1 heterocycles. The molecule has 0 fully saturated rings. The highest BCUT2D eigenvalue weighted by Crippen LogP contribution is 2.26. The van der Waals surface area contributed by atoms with Crippen molar-refractivity contribution >= 4 is 28.7 Å². The Morgan fingerprint density at radius 1 is 1.00 bits per heavy atom. The number of hydrogen-bond donors (Lipinski definition) is 3. The van der Waals surface area contributed by atoms with Gasteiger partial charge in [-0.2, -0.15) is 0 Å². The van der Waals surface area contributed by atoms with Crippen LogP contribution in [0.15, 0.2) is 77.2 Å². The van der Waals surface area contributed by atoms with Crippen molar-refractivity contribution in [2.75, 3.05) is 18.5 Å². The fourth-order valence-corrected chi connectivity index (χ4v) is 3.59. The highest BCUT2D eigenvalue weighted by atomic mass is 16.5. The number of benzene rings is 3. The number of carboxylic acids is 1. The largest absolute Gasteiger partial charge is 0.491 e. The molecule has 3 aromatic carbocycles. The molecule has 1 aromatic heterocycles. The Morgan fingerprint density at radius 2 is 1.72 bits per heavy atom. The molecule has 0 saturated heterocycles. The number of ether oxygens (including phenoxy) is 1. The van der Waals surface area contributed by atoms with Gasteiger partial charge in [0.05, 0.1) is 12.5 Å². The maximum absolute atomic E-state index is 12.1. The number of nitrogens with one attached hydrogen (secondary N) is 2.